The van der Waals surface area contributed by atoms with Crippen molar-refractivity contribution in [2.45, 2.75) is 31.3 Å². The molecule has 0 amide bonds. The molecular weight excluding hydrogens is 294 g/mol. The lowest BCUT2D eigenvalue weighted by Crippen LogP contribution is -2.49. The number of anilines is 1. The van der Waals surface area contributed by atoms with Crippen molar-refractivity contribution in [2.24, 2.45) is 0 Å². The van der Waals surface area contributed by atoms with Crippen molar-refractivity contribution in [1.29, 1.82) is 0 Å². The standard InChI is InChI=1S/C17H21N3OS/c1-2-4-16-13(3-1)11-15(12-21-16)19-14-5-8-20(9-6-14)17-18-7-10-22-17/h1-4,7,10,14-15,19H,5-6,8-9,11-12H2/t15-/m0/s1. The van der Waals surface area contributed by atoms with Gasteiger partial charge in [0.2, 0.25) is 0 Å². The minimum Gasteiger partial charge on any atom is -0.492 e. The third kappa shape index (κ3) is 2.96. The number of aromatic nitrogens is 1. The SMILES string of the molecule is c1ccc2c(c1)C[C@H](NC1CCN(c3nccs3)CC1)CO2. The van der Waals surface area contributed by atoms with Crippen LogP contribution in [0.2, 0.25) is 0 Å². The first-order chi connectivity index (χ1) is 10.9. The predicted molar refractivity (Wildman–Crippen MR) is 89.9 cm³/mol. The lowest BCUT2D eigenvalue weighted by molar-refractivity contribution is 0.219. The molecule has 1 saturated heterocycles. The number of thiazole rings is 1. The molecule has 116 valence electrons. The van der Waals surface area contributed by atoms with Crippen molar-refractivity contribution in [3.63, 3.8) is 0 Å². The summed E-state index contributed by atoms with van der Waals surface area (Å²) in [4.78, 5) is 6.81. The molecule has 0 aliphatic carbocycles. The number of piperidine rings is 1. The Morgan fingerprint density at radius 1 is 1.18 bits per heavy atom. The van der Waals surface area contributed by atoms with E-state index < -0.39 is 0 Å². The normalized spacial score (nSPS) is 22.2. The molecule has 0 spiro atoms. The lowest BCUT2D eigenvalue weighted by Gasteiger charge is -2.35. The molecule has 0 saturated carbocycles. The maximum atomic E-state index is 5.88. The fourth-order valence-corrected chi connectivity index (χ4v) is 4.07. The largest absolute Gasteiger partial charge is 0.492 e. The van der Waals surface area contributed by atoms with Crippen LogP contribution in [0, 0.1) is 0 Å². The van der Waals surface area contributed by atoms with Crippen LogP contribution in [0.15, 0.2) is 35.8 Å². The first-order valence-corrected chi connectivity index (χ1v) is 8.87. The van der Waals surface area contributed by atoms with Gasteiger partial charge < -0.3 is 15.0 Å². The zero-order valence-electron chi connectivity index (χ0n) is 12.6. The van der Waals surface area contributed by atoms with E-state index >= 15 is 0 Å². The Balaban J connectivity index is 1.31. The van der Waals surface area contributed by atoms with Gasteiger partial charge in [-0.2, -0.15) is 0 Å². The summed E-state index contributed by atoms with van der Waals surface area (Å²) in [7, 11) is 0. The number of para-hydroxylation sites is 1. The Labute approximate surface area is 135 Å². The Hall–Kier alpha value is -1.59. The van der Waals surface area contributed by atoms with Gasteiger partial charge in [-0.25, -0.2) is 4.98 Å². The Kier molecular flexibility index (Phi) is 3.99. The topological polar surface area (TPSA) is 37.4 Å². The van der Waals surface area contributed by atoms with Gasteiger partial charge in [-0.3, -0.25) is 0 Å². The molecule has 0 bridgehead atoms. The fraction of sp³-hybridized carbons (Fsp3) is 0.471. The van der Waals surface area contributed by atoms with E-state index in [0.717, 1.165) is 37.0 Å². The lowest BCUT2D eigenvalue weighted by atomic mass is 9.99. The van der Waals surface area contributed by atoms with Gasteiger partial charge in [-0.05, 0) is 30.9 Å². The van der Waals surface area contributed by atoms with E-state index in [0.29, 0.717) is 12.1 Å². The second-order valence-electron chi connectivity index (χ2n) is 6.06. The highest BCUT2D eigenvalue weighted by atomic mass is 32.1. The summed E-state index contributed by atoms with van der Waals surface area (Å²) < 4.78 is 5.88. The van der Waals surface area contributed by atoms with Gasteiger partial charge in [0.25, 0.3) is 0 Å². The van der Waals surface area contributed by atoms with Crippen LogP contribution in [-0.2, 0) is 6.42 Å². The van der Waals surface area contributed by atoms with E-state index in [4.69, 9.17) is 4.74 Å². The van der Waals surface area contributed by atoms with Crippen molar-refractivity contribution in [2.75, 3.05) is 24.6 Å². The molecule has 2 aliphatic heterocycles. The molecule has 22 heavy (non-hydrogen) atoms. The van der Waals surface area contributed by atoms with E-state index in [1.54, 1.807) is 11.3 Å². The van der Waals surface area contributed by atoms with E-state index in [2.05, 4.69) is 38.8 Å². The second-order valence-corrected chi connectivity index (χ2v) is 6.94. The number of fused-ring (bicyclic) bond motifs is 1. The van der Waals surface area contributed by atoms with Crippen molar-refractivity contribution >= 4 is 16.5 Å². The molecule has 5 heteroatoms. The summed E-state index contributed by atoms with van der Waals surface area (Å²) in [6.45, 7) is 2.97. The molecule has 1 fully saturated rings. The molecule has 2 aliphatic rings. The minimum absolute atomic E-state index is 0.436. The van der Waals surface area contributed by atoms with Crippen LogP contribution in [-0.4, -0.2) is 36.8 Å². The summed E-state index contributed by atoms with van der Waals surface area (Å²) in [6, 6.07) is 9.41. The predicted octanol–water partition coefficient (Wildman–Crippen LogP) is 2.71. The van der Waals surface area contributed by atoms with Gasteiger partial charge >= 0.3 is 0 Å². The van der Waals surface area contributed by atoms with Crippen LogP contribution in [0.3, 0.4) is 0 Å². The maximum absolute atomic E-state index is 5.88. The number of nitrogens with one attached hydrogen (secondary N) is 1. The monoisotopic (exact) mass is 315 g/mol. The van der Waals surface area contributed by atoms with Gasteiger partial charge in [0.15, 0.2) is 5.13 Å². The number of ether oxygens (including phenoxy) is 1. The molecule has 1 aromatic carbocycles. The van der Waals surface area contributed by atoms with Crippen LogP contribution in [0.5, 0.6) is 5.75 Å². The maximum Gasteiger partial charge on any atom is 0.185 e. The number of rotatable bonds is 3. The van der Waals surface area contributed by atoms with Gasteiger partial charge in [-0.15, -0.1) is 11.3 Å². The highest BCUT2D eigenvalue weighted by molar-refractivity contribution is 7.13. The molecule has 3 heterocycles. The first kappa shape index (κ1) is 14.0. The molecule has 4 rings (SSSR count). The number of hydrogen-bond donors (Lipinski definition) is 1. The molecule has 0 unspecified atom stereocenters. The van der Waals surface area contributed by atoms with Crippen LogP contribution in [0.25, 0.3) is 0 Å². The van der Waals surface area contributed by atoms with Gasteiger partial charge in [-0.1, -0.05) is 18.2 Å². The molecule has 1 aromatic heterocycles. The van der Waals surface area contributed by atoms with Crippen LogP contribution >= 0.6 is 11.3 Å². The van der Waals surface area contributed by atoms with E-state index in [1.807, 2.05) is 12.3 Å². The van der Waals surface area contributed by atoms with Crippen molar-refractivity contribution < 1.29 is 4.74 Å². The van der Waals surface area contributed by atoms with Crippen LogP contribution < -0.4 is 15.0 Å². The minimum atomic E-state index is 0.436. The van der Waals surface area contributed by atoms with Crippen molar-refractivity contribution in [3.05, 3.63) is 41.4 Å². The summed E-state index contributed by atoms with van der Waals surface area (Å²) >= 11 is 1.73. The van der Waals surface area contributed by atoms with Crippen LogP contribution in [0.1, 0.15) is 18.4 Å². The average Bonchev–Trinajstić information content (AvgIpc) is 3.10. The van der Waals surface area contributed by atoms with E-state index in [-0.39, 0.29) is 0 Å². The van der Waals surface area contributed by atoms with E-state index in [1.165, 1.54) is 18.4 Å². The van der Waals surface area contributed by atoms with Gasteiger partial charge in [0.05, 0.1) is 0 Å². The van der Waals surface area contributed by atoms with Crippen LogP contribution in [0.4, 0.5) is 5.13 Å². The second kappa shape index (κ2) is 6.26. The summed E-state index contributed by atoms with van der Waals surface area (Å²) in [5.41, 5.74) is 1.33. The fourth-order valence-electron chi connectivity index (χ4n) is 3.38. The molecule has 1 N–H and O–H groups in total. The van der Waals surface area contributed by atoms with Gasteiger partial charge in [0.1, 0.15) is 12.4 Å². The first-order valence-electron chi connectivity index (χ1n) is 8.00. The molecule has 0 radical (unpaired) electrons. The zero-order chi connectivity index (χ0) is 14.8. The summed E-state index contributed by atoms with van der Waals surface area (Å²) in [6.07, 6.45) is 5.32. The average molecular weight is 315 g/mol. The summed E-state index contributed by atoms with van der Waals surface area (Å²) in [5.74, 6) is 1.05. The highest BCUT2D eigenvalue weighted by Gasteiger charge is 2.25. The molecular formula is C17H21N3OS. The van der Waals surface area contributed by atoms with Gasteiger partial charge in [0, 0.05) is 36.8 Å². The highest BCUT2D eigenvalue weighted by Crippen LogP contribution is 2.26. The van der Waals surface area contributed by atoms with E-state index in [9.17, 15) is 0 Å². The third-order valence-corrected chi connectivity index (χ3v) is 5.37. The molecule has 4 nitrogen and oxygen atoms in total. The molecule has 1 atom stereocenters. The zero-order valence-corrected chi connectivity index (χ0v) is 13.4. The number of nitrogens with zero attached hydrogens (tertiary/aromatic N) is 2. The Morgan fingerprint density at radius 2 is 2.05 bits per heavy atom. The summed E-state index contributed by atoms with van der Waals surface area (Å²) in [5, 5.41) is 7.01. The van der Waals surface area contributed by atoms with Crippen molar-refractivity contribution in [1.82, 2.24) is 10.3 Å². The van der Waals surface area contributed by atoms with Crippen molar-refractivity contribution in [3.8, 4) is 5.75 Å². The molecule has 2 aromatic rings. The Bertz CT molecular complexity index is 608. The number of benzene rings is 1. The quantitative estimate of drug-likeness (QED) is 0.945. The number of hydrogen-bond acceptors (Lipinski definition) is 5. The Morgan fingerprint density at radius 3 is 2.86 bits per heavy atom. The third-order valence-electron chi connectivity index (χ3n) is 4.54. The smallest absolute Gasteiger partial charge is 0.185 e.